The molecule has 24 heavy (non-hydrogen) atoms. The summed E-state index contributed by atoms with van der Waals surface area (Å²) in [4.78, 5) is 23.5. The standard InChI is InChI=1S/C17H16BrN3O2S/c1-19-15(22)10-11-6-8-12(9-7-11)20-17(24)21-16(23)13-4-2-3-5-14(13)18/h2-9H,10H2,1H3,(H,19,22)(H2,20,21,23,24). The van der Waals surface area contributed by atoms with Crippen LogP contribution in [-0.2, 0) is 11.2 Å². The summed E-state index contributed by atoms with van der Waals surface area (Å²) in [5.41, 5.74) is 2.12. The molecule has 0 fully saturated rings. The highest BCUT2D eigenvalue weighted by atomic mass is 79.9. The summed E-state index contributed by atoms with van der Waals surface area (Å²) < 4.78 is 0.698. The van der Waals surface area contributed by atoms with E-state index < -0.39 is 0 Å². The predicted octanol–water partition coefficient (Wildman–Crippen LogP) is 2.86. The zero-order chi connectivity index (χ0) is 17.5. The number of anilines is 1. The van der Waals surface area contributed by atoms with Gasteiger partial charge in [-0.05, 0) is 58.0 Å². The van der Waals surface area contributed by atoms with Crippen molar-refractivity contribution in [3.63, 3.8) is 0 Å². The lowest BCUT2D eigenvalue weighted by atomic mass is 10.1. The van der Waals surface area contributed by atoms with Gasteiger partial charge in [0.15, 0.2) is 5.11 Å². The van der Waals surface area contributed by atoms with Crippen molar-refractivity contribution in [2.75, 3.05) is 12.4 Å². The molecular weight excluding hydrogens is 390 g/mol. The number of thiocarbonyl (C=S) groups is 1. The zero-order valence-electron chi connectivity index (χ0n) is 12.9. The Morgan fingerprint density at radius 2 is 1.75 bits per heavy atom. The summed E-state index contributed by atoms with van der Waals surface area (Å²) in [5.74, 6) is -0.344. The van der Waals surface area contributed by atoms with Gasteiger partial charge in [-0.2, -0.15) is 0 Å². The Balaban J connectivity index is 1.94. The van der Waals surface area contributed by atoms with Crippen molar-refractivity contribution in [1.29, 1.82) is 0 Å². The molecule has 0 aliphatic heterocycles. The maximum atomic E-state index is 12.2. The number of halogens is 1. The van der Waals surface area contributed by atoms with E-state index in [0.29, 0.717) is 16.5 Å². The number of carbonyl (C=O) groups excluding carboxylic acids is 2. The van der Waals surface area contributed by atoms with Crippen molar-refractivity contribution in [2.24, 2.45) is 0 Å². The van der Waals surface area contributed by atoms with E-state index in [4.69, 9.17) is 12.2 Å². The van der Waals surface area contributed by atoms with Crippen LogP contribution in [0.1, 0.15) is 15.9 Å². The first-order valence-corrected chi connectivity index (χ1v) is 8.36. The van der Waals surface area contributed by atoms with Crippen molar-refractivity contribution in [3.8, 4) is 0 Å². The monoisotopic (exact) mass is 405 g/mol. The van der Waals surface area contributed by atoms with E-state index in [2.05, 4.69) is 31.9 Å². The van der Waals surface area contributed by atoms with Gasteiger partial charge in [0.2, 0.25) is 5.91 Å². The highest BCUT2D eigenvalue weighted by Crippen LogP contribution is 2.15. The minimum atomic E-state index is -0.295. The van der Waals surface area contributed by atoms with Crippen molar-refractivity contribution < 1.29 is 9.59 Å². The first-order valence-electron chi connectivity index (χ1n) is 7.16. The molecule has 2 rings (SSSR count). The molecule has 0 radical (unpaired) electrons. The second-order valence-corrected chi connectivity index (χ2v) is 6.20. The Labute approximate surface area is 154 Å². The van der Waals surface area contributed by atoms with Crippen LogP contribution < -0.4 is 16.0 Å². The molecule has 2 aromatic carbocycles. The molecule has 0 aliphatic rings. The van der Waals surface area contributed by atoms with Crippen LogP contribution in [0.2, 0.25) is 0 Å². The number of hydrogen-bond donors (Lipinski definition) is 3. The Bertz CT molecular complexity index is 763. The normalized spacial score (nSPS) is 9.92. The first kappa shape index (κ1) is 18.1. The van der Waals surface area contributed by atoms with E-state index in [9.17, 15) is 9.59 Å². The van der Waals surface area contributed by atoms with E-state index in [1.54, 1.807) is 37.4 Å². The van der Waals surface area contributed by atoms with Crippen LogP contribution in [0.4, 0.5) is 5.69 Å². The summed E-state index contributed by atoms with van der Waals surface area (Å²) in [6.45, 7) is 0. The fourth-order valence-corrected chi connectivity index (χ4v) is 2.63. The minimum Gasteiger partial charge on any atom is -0.359 e. The largest absolute Gasteiger partial charge is 0.359 e. The van der Waals surface area contributed by atoms with Gasteiger partial charge in [-0.25, -0.2) is 0 Å². The molecule has 2 aromatic rings. The number of amides is 2. The second-order valence-electron chi connectivity index (χ2n) is 4.93. The average molecular weight is 406 g/mol. The van der Waals surface area contributed by atoms with Crippen LogP contribution in [0.5, 0.6) is 0 Å². The Hall–Kier alpha value is -2.25. The zero-order valence-corrected chi connectivity index (χ0v) is 15.3. The molecular formula is C17H16BrN3O2S. The lowest BCUT2D eigenvalue weighted by Gasteiger charge is -2.11. The van der Waals surface area contributed by atoms with Crippen LogP contribution in [0.3, 0.4) is 0 Å². The van der Waals surface area contributed by atoms with Crippen LogP contribution in [0, 0.1) is 0 Å². The van der Waals surface area contributed by atoms with Gasteiger partial charge < -0.3 is 10.6 Å². The third-order valence-electron chi connectivity index (χ3n) is 3.20. The van der Waals surface area contributed by atoms with Gasteiger partial charge in [0, 0.05) is 17.2 Å². The average Bonchev–Trinajstić information content (AvgIpc) is 2.56. The number of rotatable bonds is 4. The molecule has 3 N–H and O–H groups in total. The molecule has 0 saturated carbocycles. The molecule has 0 unspecified atom stereocenters. The van der Waals surface area contributed by atoms with Gasteiger partial charge in [0.1, 0.15) is 0 Å². The molecule has 0 aliphatic carbocycles. The van der Waals surface area contributed by atoms with Crippen LogP contribution >= 0.6 is 28.1 Å². The lowest BCUT2D eigenvalue weighted by Crippen LogP contribution is -2.34. The quantitative estimate of drug-likeness (QED) is 0.683. The third kappa shape index (κ3) is 5.14. The molecule has 0 bridgehead atoms. The highest BCUT2D eigenvalue weighted by molar-refractivity contribution is 9.10. The number of nitrogens with one attached hydrogen (secondary N) is 3. The van der Waals surface area contributed by atoms with E-state index >= 15 is 0 Å². The van der Waals surface area contributed by atoms with Crippen molar-refractivity contribution in [1.82, 2.24) is 10.6 Å². The van der Waals surface area contributed by atoms with E-state index in [0.717, 1.165) is 11.3 Å². The van der Waals surface area contributed by atoms with Gasteiger partial charge in [-0.15, -0.1) is 0 Å². The van der Waals surface area contributed by atoms with Gasteiger partial charge in [0.25, 0.3) is 5.91 Å². The van der Waals surface area contributed by atoms with Crippen LogP contribution in [-0.4, -0.2) is 24.0 Å². The molecule has 0 atom stereocenters. The summed E-state index contributed by atoms with van der Waals surface area (Å²) in [6, 6.07) is 14.4. The molecule has 0 saturated heterocycles. The maximum absolute atomic E-state index is 12.2. The SMILES string of the molecule is CNC(=O)Cc1ccc(NC(=S)NC(=O)c2ccccc2Br)cc1. The van der Waals surface area contributed by atoms with Gasteiger partial charge in [-0.1, -0.05) is 24.3 Å². The topological polar surface area (TPSA) is 70.2 Å². The Morgan fingerprint density at radius 3 is 2.38 bits per heavy atom. The first-order chi connectivity index (χ1) is 11.5. The summed E-state index contributed by atoms with van der Waals surface area (Å²) >= 11 is 8.48. The molecule has 0 heterocycles. The van der Waals surface area contributed by atoms with Crippen molar-refractivity contribution in [3.05, 3.63) is 64.1 Å². The Kier molecular flexibility index (Phi) is 6.45. The lowest BCUT2D eigenvalue weighted by molar-refractivity contribution is -0.119. The van der Waals surface area contributed by atoms with Crippen LogP contribution in [0.15, 0.2) is 53.0 Å². The summed E-state index contributed by atoms with van der Waals surface area (Å²) in [7, 11) is 1.60. The second kappa shape index (κ2) is 8.56. The summed E-state index contributed by atoms with van der Waals surface area (Å²) in [5, 5.41) is 8.35. The molecule has 2 amide bonds. The highest BCUT2D eigenvalue weighted by Gasteiger charge is 2.11. The Morgan fingerprint density at radius 1 is 1.08 bits per heavy atom. The van der Waals surface area contributed by atoms with E-state index in [1.807, 2.05) is 18.2 Å². The van der Waals surface area contributed by atoms with Crippen LogP contribution in [0.25, 0.3) is 0 Å². The van der Waals surface area contributed by atoms with Gasteiger partial charge >= 0.3 is 0 Å². The van der Waals surface area contributed by atoms with E-state index in [1.165, 1.54) is 0 Å². The van der Waals surface area contributed by atoms with Crippen molar-refractivity contribution >= 4 is 50.8 Å². The number of carbonyl (C=O) groups is 2. The number of hydrogen-bond acceptors (Lipinski definition) is 3. The van der Waals surface area contributed by atoms with E-state index in [-0.39, 0.29) is 16.9 Å². The fourth-order valence-electron chi connectivity index (χ4n) is 1.96. The molecule has 0 aromatic heterocycles. The number of likely N-dealkylation sites (N-methyl/N-ethyl adjacent to an activating group) is 1. The molecule has 124 valence electrons. The molecule has 0 spiro atoms. The minimum absolute atomic E-state index is 0.0491. The van der Waals surface area contributed by atoms with Crippen molar-refractivity contribution in [2.45, 2.75) is 6.42 Å². The van der Waals surface area contributed by atoms with Gasteiger partial charge in [-0.3, -0.25) is 14.9 Å². The molecule has 5 nitrogen and oxygen atoms in total. The maximum Gasteiger partial charge on any atom is 0.258 e. The smallest absolute Gasteiger partial charge is 0.258 e. The summed E-state index contributed by atoms with van der Waals surface area (Å²) in [6.07, 6.45) is 0.319. The molecule has 7 heteroatoms. The predicted molar refractivity (Wildman–Crippen MR) is 102 cm³/mol. The fraction of sp³-hybridized carbons (Fsp3) is 0.118. The van der Waals surface area contributed by atoms with Gasteiger partial charge in [0.05, 0.1) is 12.0 Å². The third-order valence-corrected chi connectivity index (χ3v) is 4.10. The number of benzene rings is 2.